The lowest BCUT2D eigenvalue weighted by Crippen LogP contribution is -2.04. The van der Waals surface area contributed by atoms with Crippen LogP contribution in [-0.4, -0.2) is 26.2 Å². The van der Waals surface area contributed by atoms with Crippen LogP contribution in [0, 0.1) is 0 Å². The average molecular weight is 162 g/mol. The number of hydrogen-bond donors (Lipinski definition) is 4. The van der Waals surface area contributed by atoms with Crippen molar-refractivity contribution in [3.05, 3.63) is 22.4 Å². The van der Waals surface area contributed by atoms with E-state index in [0.717, 1.165) is 11.8 Å². The Balaban J connectivity index is 3.01. The molecular formula is C5H6O4S. The average Bonchev–Trinajstić information content (AvgIpc) is 1.93. The van der Waals surface area contributed by atoms with Gasteiger partial charge in [-0.25, -0.2) is 0 Å². The van der Waals surface area contributed by atoms with Gasteiger partial charge in [-0.15, -0.1) is 0 Å². The molecule has 1 aliphatic heterocycles. The molecular weight excluding hydrogens is 156 g/mol. The zero-order valence-electron chi connectivity index (χ0n) is 4.90. The predicted molar refractivity (Wildman–Crippen MR) is 37.0 cm³/mol. The Labute approximate surface area is 61.1 Å². The van der Waals surface area contributed by atoms with Gasteiger partial charge in [-0.3, -0.25) is 0 Å². The Morgan fingerprint density at radius 2 is 1.60 bits per heavy atom. The van der Waals surface area contributed by atoms with Crippen molar-refractivity contribution in [3.63, 3.8) is 0 Å². The third-order valence-corrected chi connectivity index (χ3v) is 1.93. The molecule has 4 nitrogen and oxygen atoms in total. The fourth-order valence-corrected chi connectivity index (χ4v) is 1.15. The number of aliphatic hydroxyl groups is 4. The summed E-state index contributed by atoms with van der Waals surface area (Å²) >= 11 is 0.855. The maximum absolute atomic E-state index is 8.77. The smallest absolute Gasteiger partial charge is 0.211 e. The molecule has 0 spiro atoms. The summed E-state index contributed by atoms with van der Waals surface area (Å²) in [7, 11) is 0. The van der Waals surface area contributed by atoms with Gasteiger partial charge in [0, 0.05) is 0 Å². The van der Waals surface area contributed by atoms with Crippen LogP contribution in [0.25, 0.3) is 0 Å². The van der Waals surface area contributed by atoms with E-state index in [1.807, 2.05) is 0 Å². The molecule has 10 heavy (non-hydrogen) atoms. The minimum atomic E-state index is -0.659. The molecule has 0 saturated carbocycles. The van der Waals surface area contributed by atoms with E-state index in [0.29, 0.717) is 0 Å². The first kappa shape index (κ1) is 7.14. The summed E-state index contributed by atoms with van der Waals surface area (Å²) in [6.07, 6.45) is 0. The second-order valence-electron chi connectivity index (χ2n) is 1.74. The molecule has 0 radical (unpaired) electrons. The van der Waals surface area contributed by atoms with Crippen molar-refractivity contribution in [1.82, 2.24) is 0 Å². The van der Waals surface area contributed by atoms with Crippen molar-refractivity contribution < 1.29 is 20.4 Å². The van der Waals surface area contributed by atoms with E-state index in [-0.39, 0.29) is 16.6 Å². The molecule has 0 unspecified atom stereocenters. The minimum Gasteiger partial charge on any atom is -0.507 e. The highest BCUT2D eigenvalue weighted by Crippen LogP contribution is 2.27. The van der Waals surface area contributed by atoms with Crippen LogP contribution in [0.2, 0.25) is 0 Å². The fourth-order valence-electron chi connectivity index (χ4n) is 0.511. The second-order valence-corrected chi connectivity index (χ2v) is 2.70. The highest BCUT2D eigenvalue weighted by atomic mass is 32.2. The Morgan fingerprint density at radius 1 is 1.00 bits per heavy atom. The Hall–Kier alpha value is -0.970. The standard InChI is InChI=1S/C5H6O4S/c6-2-1-10-5(9)4(8)3(2)7/h6-9H,1H2. The first-order valence-corrected chi connectivity index (χ1v) is 3.48. The molecule has 5 heteroatoms. The molecule has 1 aliphatic rings. The molecule has 0 bridgehead atoms. The number of rotatable bonds is 0. The van der Waals surface area contributed by atoms with Gasteiger partial charge in [-0.05, 0) is 0 Å². The molecule has 0 saturated heterocycles. The molecule has 0 amide bonds. The molecule has 0 aromatic carbocycles. The fraction of sp³-hybridized carbons (Fsp3) is 0.200. The normalized spacial score (nSPS) is 20.0. The maximum Gasteiger partial charge on any atom is 0.211 e. The lowest BCUT2D eigenvalue weighted by Gasteiger charge is -2.10. The Bertz CT molecular complexity index is 194. The van der Waals surface area contributed by atoms with Crippen molar-refractivity contribution in [1.29, 1.82) is 0 Å². The van der Waals surface area contributed by atoms with E-state index in [9.17, 15) is 0 Å². The lowest BCUT2D eigenvalue weighted by atomic mass is 10.4. The van der Waals surface area contributed by atoms with Crippen LogP contribution in [-0.2, 0) is 0 Å². The van der Waals surface area contributed by atoms with E-state index in [1.165, 1.54) is 0 Å². The summed E-state index contributed by atoms with van der Waals surface area (Å²) in [4.78, 5) is 0. The van der Waals surface area contributed by atoms with Gasteiger partial charge in [0.25, 0.3) is 0 Å². The topological polar surface area (TPSA) is 80.9 Å². The zero-order chi connectivity index (χ0) is 7.72. The highest BCUT2D eigenvalue weighted by molar-refractivity contribution is 8.03. The monoisotopic (exact) mass is 162 g/mol. The highest BCUT2D eigenvalue weighted by Gasteiger charge is 2.20. The number of thioether (sulfide) groups is 1. The number of aliphatic hydroxyl groups excluding tert-OH is 4. The summed E-state index contributed by atoms with van der Waals surface area (Å²) in [6, 6.07) is 0. The summed E-state index contributed by atoms with van der Waals surface area (Å²) in [5.41, 5.74) is 0. The van der Waals surface area contributed by atoms with Crippen molar-refractivity contribution in [2.75, 3.05) is 5.75 Å². The van der Waals surface area contributed by atoms with Gasteiger partial charge in [0.2, 0.25) is 11.5 Å². The third-order valence-electron chi connectivity index (χ3n) is 1.05. The van der Waals surface area contributed by atoms with E-state index in [2.05, 4.69) is 0 Å². The van der Waals surface area contributed by atoms with Gasteiger partial charge < -0.3 is 20.4 Å². The first-order chi connectivity index (χ1) is 4.63. The van der Waals surface area contributed by atoms with Crippen molar-refractivity contribution in [2.24, 2.45) is 0 Å². The van der Waals surface area contributed by atoms with E-state index in [1.54, 1.807) is 0 Å². The Morgan fingerprint density at radius 3 is 2.10 bits per heavy atom. The van der Waals surface area contributed by atoms with Crippen LogP contribution >= 0.6 is 11.8 Å². The maximum atomic E-state index is 8.77. The summed E-state index contributed by atoms with van der Waals surface area (Å²) < 4.78 is 0. The zero-order valence-corrected chi connectivity index (χ0v) is 5.72. The van der Waals surface area contributed by atoms with Crippen LogP contribution in [0.1, 0.15) is 0 Å². The molecule has 0 fully saturated rings. The predicted octanol–water partition coefficient (Wildman–Crippen LogP) is 1.35. The lowest BCUT2D eigenvalue weighted by molar-refractivity contribution is 0.266. The quantitative estimate of drug-likeness (QED) is 0.432. The molecule has 0 atom stereocenters. The van der Waals surface area contributed by atoms with Gasteiger partial charge in [0.1, 0.15) is 5.76 Å². The first-order valence-electron chi connectivity index (χ1n) is 2.49. The Kier molecular flexibility index (Phi) is 1.67. The van der Waals surface area contributed by atoms with Crippen LogP contribution in [0.15, 0.2) is 22.4 Å². The van der Waals surface area contributed by atoms with Gasteiger partial charge in [-0.2, -0.15) is 0 Å². The largest absolute Gasteiger partial charge is 0.507 e. The summed E-state index contributed by atoms with van der Waals surface area (Å²) in [6.45, 7) is 0. The molecule has 0 aromatic rings. The van der Waals surface area contributed by atoms with E-state index < -0.39 is 11.5 Å². The molecule has 4 N–H and O–H groups in total. The van der Waals surface area contributed by atoms with Gasteiger partial charge >= 0.3 is 0 Å². The van der Waals surface area contributed by atoms with Gasteiger partial charge in [-0.1, -0.05) is 11.8 Å². The van der Waals surface area contributed by atoms with Crippen LogP contribution in [0.5, 0.6) is 0 Å². The molecule has 56 valence electrons. The molecule has 0 aliphatic carbocycles. The number of hydrogen-bond acceptors (Lipinski definition) is 5. The van der Waals surface area contributed by atoms with Gasteiger partial charge in [0.15, 0.2) is 5.09 Å². The summed E-state index contributed by atoms with van der Waals surface area (Å²) in [5.74, 6) is -1.54. The van der Waals surface area contributed by atoms with Crippen LogP contribution in [0.4, 0.5) is 0 Å². The van der Waals surface area contributed by atoms with Gasteiger partial charge in [0.05, 0.1) is 5.75 Å². The van der Waals surface area contributed by atoms with Crippen molar-refractivity contribution in [2.45, 2.75) is 0 Å². The SMILES string of the molecule is OC1=C(O)C(O)=C(O)SC1. The third kappa shape index (κ3) is 0.995. The van der Waals surface area contributed by atoms with Crippen molar-refractivity contribution >= 4 is 11.8 Å². The minimum absolute atomic E-state index is 0.0850. The van der Waals surface area contributed by atoms with E-state index in [4.69, 9.17) is 20.4 Å². The molecule has 1 rings (SSSR count). The van der Waals surface area contributed by atoms with Crippen molar-refractivity contribution in [3.8, 4) is 0 Å². The molecule has 0 aromatic heterocycles. The van der Waals surface area contributed by atoms with E-state index >= 15 is 0 Å². The summed E-state index contributed by atoms with van der Waals surface area (Å²) in [5, 5.41) is 34.7. The van der Waals surface area contributed by atoms with Crippen LogP contribution in [0.3, 0.4) is 0 Å². The second kappa shape index (κ2) is 2.34. The molecule has 1 heterocycles. The van der Waals surface area contributed by atoms with Crippen LogP contribution < -0.4 is 0 Å².